The Kier molecular flexibility index (Phi) is 5.90. The zero-order chi connectivity index (χ0) is 15.4. The average molecular weight is 438 g/mol. The van der Waals surface area contributed by atoms with Gasteiger partial charge in [0.15, 0.2) is 0 Å². The predicted octanol–water partition coefficient (Wildman–Crippen LogP) is 6.01. The Balaban J connectivity index is 2.13. The van der Waals surface area contributed by atoms with E-state index in [1.165, 1.54) is 12.1 Å². The van der Waals surface area contributed by atoms with Crippen molar-refractivity contribution in [2.75, 3.05) is 11.9 Å². The maximum Gasteiger partial charge on any atom is 0.147 e. The first-order valence-electron chi connectivity index (χ1n) is 6.30. The molecule has 0 saturated carbocycles. The van der Waals surface area contributed by atoms with E-state index >= 15 is 0 Å². The van der Waals surface area contributed by atoms with Gasteiger partial charge in [-0.1, -0.05) is 11.6 Å². The van der Waals surface area contributed by atoms with Gasteiger partial charge in [0, 0.05) is 17.3 Å². The minimum absolute atomic E-state index is 0.362. The molecule has 2 aromatic rings. The van der Waals surface area contributed by atoms with Gasteiger partial charge in [0.2, 0.25) is 0 Å². The van der Waals surface area contributed by atoms with Gasteiger partial charge in [-0.05, 0) is 74.7 Å². The summed E-state index contributed by atoms with van der Waals surface area (Å²) in [6.45, 7) is 3.07. The summed E-state index contributed by atoms with van der Waals surface area (Å²) < 4.78 is 20.5. The average Bonchev–Trinajstić information content (AvgIpc) is 2.39. The number of hydrogen-bond donors (Lipinski definition) is 1. The Morgan fingerprint density at radius 3 is 2.38 bits per heavy atom. The molecule has 0 aromatic heterocycles. The van der Waals surface area contributed by atoms with Crippen molar-refractivity contribution < 1.29 is 9.13 Å². The van der Waals surface area contributed by atoms with Crippen LogP contribution in [0.4, 0.5) is 10.1 Å². The maximum absolute atomic E-state index is 13.3. The van der Waals surface area contributed by atoms with Gasteiger partial charge in [0.1, 0.15) is 11.6 Å². The van der Waals surface area contributed by atoms with E-state index in [1.54, 1.807) is 6.07 Å². The molecule has 2 nitrogen and oxygen atoms in total. The standard InChI is InChI=1S/C15H13Br2ClFNO/c1-2-21-15-13(16)3-9(4-14(15)17)8-20-12-6-10(18)5-11(19)7-12/h3-7,20H,2,8H2,1H3. The Labute approximate surface area is 144 Å². The molecule has 0 atom stereocenters. The smallest absolute Gasteiger partial charge is 0.147 e. The lowest BCUT2D eigenvalue weighted by atomic mass is 10.2. The van der Waals surface area contributed by atoms with Crippen LogP contribution in [0, 0.1) is 5.82 Å². The van der Waals surface area contributed by atoms with E-state index in [9.17, 15) is 4.39 Å². The van der Waals surface area contributed by atoms with Crippen molar-refractivity contribution in [1.29, 1.82) is 0 Å². The topological polar surface area (TPSA) is 21.3 Å². The molecule has 6 heteroatoms. The van der Waals surface area contributed by atoms with Crippen molar-refractivity contribution in [1.82, 2.24) is 0 Å². The van der Waals surface area contributed by atoms with Crippen molar-refractivity contribution in [3.05, 3.63) is 55.7 Å². The number of rotatable bonds is 5. The van der Waals surface area contributed by atoms with Crippen LogP contribution in [0.5, 0.6) is 5.75 Å². The minimum Gasteiger partial charge on any atom is -0.492 e. The molecule has 0 heterocycles. The van der Waals surface area contributed by atoms with Gasteiger partial charge in [-0.3, -0.25) is 0 Å². The Hall–Kier alpha value is -0.780. The molecule has 0 saturated heterocycles. The third-order valence-electron chi connectivity index (χ3n) is 2.71. The van der Waals surface area contributed by atoms with E-state index in [4.69, 9.17) is 16.3 Å². The highest BCUT2D eigenvalue weighted by molar-refractivity contribution is 9.11. The molecule has 21 heavy (non-hydrogen) atoms. The second kappa shape index (κ2) is 7.47. The van der Waals surface area contributed by atoms with Crippen molar-refractivity contribution in [2.24, 2.45) is 0 Å². The van der Waals surface area contributed by atoms with Crippen LogP contribution >= 0.6 is 43.5 Å². The van der Waals surface area contributed by atoms with E-state index in [-0.39, 0.29) is 5.82 Å². The zero-order valence-corrected chi connectivity index (χ0v) is 15.1. The van der Waals surface area contributed by atoms with Crippen LogP contribution in [-0.2, 0) is 6.54 Å². The molecule has 0 aliphatic heterocycles. The van der Waals surface area contributed by atoms with Gasteiger partial charge in [0.05, 0.1) is 15.6 Å². The predicted molar refractivity (Wildman–Crippen MR) is 91.7 cm³/mol. The molecular formula is C15H13Br2ClFNO. The first-order chi connectivity index (χ1) is 9.99. The van der Waals surface area contributed by atoms with Crippen LogP contribution in [0.3, 0.4) is 0 Å². The van der Waals surface area contributed by atoms with E-state index in [1.807, 2.05) is 19.1 Å². The molecule has 112 valence electrons. The number of hydrogen-bond acceptors (Lipinski definition) is 2. The van der Waals surface area contributed by atoms with E-state index in [0.717, 1.165) is 20.3 Å². The summed E-state index contributed by atoms with van der Waals surface area (Å²) in [7, 11) is 0. The van der Waals surface area contributed by atoms with Crippen molar-refractivity contribution in [3.8, 4) is 5.75 Å². The van der Waals surface area contributed by atoms with Crippen LogP contribution < -0.4 is 10.1 Å². The van der Waals surface area contributed by atoms with Gasteiger partial charge in [-0.25, -0.2) is 4.39 Å². The maximum atomic E-state index is 13.3. The summed E-state index contributed by atoms with van der Waals surface area (Å²) >= 11 is 12.8. The van der Waals surface area contributed by atoms with Crippen molar-refractivity contribution in [3.63, 3.8) is 0 Å². The van der Waals surface area contributed by atoms with Gasteiger partial charge in [-0.15, -0.1) is 0 Å². The third kappa shape index (κ3) is 4.59. The molecule has 2 aromatic carbocycles. The van der Waals surface area contributed by atoms with Gasteiger partial charge < -0.3 is 10.1 Å². The highest BCUT2D eigenvalue weighted by Gasteiger charge is 2.08. The number of halogens is 4. The zero-order valence-electron chi connectivity index (χ0n) is 11.2. The Morgan fingerprint density at radius 2 is 1.81 bits per heavy atom. The van der Waals surface area contributed by atoms with Gasteiger partial charge in [0.25, 0.3) is 0 Å². The summed E-state index contributed by atoms with van der Waals surface area (Å²) in [5.41, 5.74) is 1.67. The van der Waals surface area contributed by atoms with Crippen molar-refractivity contribution in [2.45, 2.75) is 13.5 Å². The second-order valence-electron chi connectivity index (χ2n) is 4.33. The van der Waals surface area contributed by atoms with E-state index < -0.39 is 0 Å². The quantitative estimate of drug-likeness (QED) is 0.618. The largest absolute Gasteiger partial charge is 0.492 e. The lowest BCUT2D eigenvalue weighted by molar-refractivity contribution is 0.336. The molecule has 0 unspecified atom stereocenters. The highest BCUT2D eigenvalue weighted by Crippen LogP contribution is 2.35. The van der Waals surface area contributed by atoms with Crippen LogP contribution in [0.25, 0.3) is 0 Å². The molecule has 0 amide bonds. The summed E-state index contributed by atoms with van der Waals surface area (Å²) in [4.78, 5) is 0. The number of ether oxygens (including phenoxy) is 1. The molecule has 0 aliphatic rings. The molecule has 0 spiro atoms. The highest BCUT2D eigenvalue weighted by atomic mass is 79.9. The molecule has 0 bridgehead atoms. The first-order valence-corrected chi connectivity index (χ1v) is 8.26. The van der Waals surface area contributed by atoms with Crippen molar-refractivity contribution >= 4 is 49.1 Å². The summed E-state index contributed by atoms with van der Waals surface area (Å²) in [6.07, 6.45) is 0. The number of anilines is 1. The van der Waals surface area contributed by atoms with E-state index in [0.29, 0.717) is 23.9 Å². The molecule has 1 N–H and O–H groups in total. The number of nitrogens with one attached hydrogen (secondary N) is 1. The molecular weight excluding hydrogens is 424 g/mol. The molecule has 0 aliphatic carbocycles. The van der Waals surface area contributed by atoms with E-state index in [2.05, 4.69) is 37.2 Å². The van der Waals surface area contributed by atoms with Crippen LogP contribution in [0.1, 0.15) is 12.5 Å². The monoisotopic (exact) mass is 435 g/mol. The third-order valence-corrected chi connectivity index (χ3v) is 4.10. The second-order valence-corrected chi connectivity index (χ2v) is 6.48. The Bertz CT molecular complexity index is 608. The molecule has 2 rings (SSSR count). The summed E-state index contributed by atoms with van der Waals surface area (Å²) in [5.74, 6) is 0.411. The fraction of sp³-hybridized carbons (Fsp3) is 0.200. The molecule has 0 fully saturated rings. The summed E-state index contributed by atoms with van der Waals surface area (Å²) in [5, 5.41) is 3.51. The molecule has 0 radical (unpaired) electrons. The minimum atomic E-state index is -0.362. The van der Waals surface area contributed by atoms with Crippen LogP contribution in [-0.4, -0.2) is 6.61 Å². The fourth-order valence-electron chi connectivity index (χ4n) is 1.86. The fourth-order valence-corrected chi connectivity index (χ4v) is 3.59. The van der Waals surface area contributed by atoms with Crippen LogP contribution in [0.2, 0.25) is 5.02 Å². The Morgan fingerprint density at radius 1 is 1.14 bits per heavy atom. The first kappa shape index (κ1) is 16.6. The SMILES string of the molecule is CCOc1c(Br)cc(CNc2cc(F)cc(Cl)c2)cc1Br. The summed E-state index contributed by atoms with van der Waals surface area (Å²) in [6, 6.07) is 8.29. The number of benzene rings is 2. The lowest BCUT2D eigenvalue weighted by Gasteiger charge is -2.12. The lowest BCUT2D eigenvalue weighted by Crippen LogP contribution is -2.01. The van der Waals surface area contributed by atoms with Crippen LogP contribution in [0.15, 0.2) is 39.3 Å². The van der Waals surface area contributed by atoms with Gasteiger partial charge >= 0.3 is 0 Å². The van der Waals surface area contributed by atoms with Gasteiger partial charge in [-0.2, -0.15) is 0 Å². The normalized spacial score (nSPS) is 10.5.